The molecule has 9 heteroatoms. The maximum atomic E-state index is 10.0. The maximum absolute atomic E-state index is 10.0. The van der Waals surface area contributed by atoms with E-state index in [9.17, 15) is 9.90 Å². The Morgan fingerprint density at radius 3 is 1.81 bits per heavy atom. The van der Waals surface area contributed by atoms with Crippen LogP contribution in [-0.2, 0) is 8.53 Å². The van der Waals surface area contributed by atoms with Crippen molar-refractivity contribution in [2.45, 2.75) is 12.5 Å². The van der Waals surface area contributed by atoms with Crippen molar-refractivity contribution in [3.05, 3.63) is 0 Å². The molecule has 0 heterocycles. The van der Waals surface area contributed by atoms with Gasteiger partial charge in [-0.25, -0.2) is 0 Å². The summed E-state index contributed by atoms with van der Waals surface area (Å²) in [7, 11) is 5.66. The van der Waals surface area contributed by atoms with Crippen LogP contribution < -0.4 is 5.11 Å². The third-order valence-electron chi connectivity index (χ3n) is 1.16. The third-order valence-corrected chi connectivity index (χ3v) is 1.16. The van der Waals surface area contributed by atoms with Crippen LogP contribution in [0.5, 0.6) is 0 Å². The molecule has 0 aliphatic carbocycles. The van der Waals surface area contributed by atoms with Crippen LogP contribution in [0, 0.1) is 0 Å². The van der Waals surface area contributed by atoms with Crippen LogP contribution in [0.3, 0.4) is 0 Å². The Bertz CT molecular complexity index is 248. The number of aliphatic hydroxyl groups is 1. The second-order valence-electron chi connectivity index (χ2n) is 4.22. The molecule has 0 aliphatic heterocycles. The summed E-state index contributed by atoms with van der Waals surface area (Å²) in [6, 6.07) is 0. The van der Waals surface area contributed by atoms with E-state index < -0.39 is 26.6 Å². The average Bonchev–Trinajstić information content (AvgIpc) is 1.72. The van der Waals surface area contributed by atoms with Crippen LogP contribution in [-0.4, -0.2) is 76.2 Å². The number of quaternary nitrogens is 1. The Labute approximate surface area is 96.7 Å². The molecule has 0 spiro atoms. The van der Waals surface area contributed by atoms with Crippen LogP contribution in [0.15, 0.2) is 0 Å². The van der Waals surface area contributed by atoms with Crippen molar-refractivity contribution >= 4 is 20.5 Å². The van der Waals surface area contributed by atoms with Crippen molar-refractivity contribution in [2.24, 2.45) is 0 Å². The number of hydrogen-bond acceptors (Lipinski definition) is 4. The van der Waals surface area contributed by atoms with E-state index in [1.54, 1.807) is 0 Å². The number of nitrogens with zero attached hydrogens (tertiary/aromatic N) is 1. The van der Waals surface area contributed by atoms with Crippen molar-refractivity contribution < 1.29 is 35.5 Å². The zero-order valence-electron chi connectivity index (χ0n) is 9.40. The first-order valence-corrected chi connectivity index (χ1v) is 7.56. The first kappa shape index (κ1) is 18.0. The van der Waals surface area contributed by atoms with E-state index in [0.29, 0.717) is 11.0 Å². The fraction of sp³-hybridized carbons (Fsp3) is 0.857. The SMILES string of the molecule is C[N+](C)(C)C[C@H](O)CC(=O)[O-].O=[As](O)(O)O. The van der Waals surface area contributed by atoms with Gasteiger partial charge in [-0.05, 0) is 0 Å². The summed E-state index contributed by atoms with van der Waals surface area (Å²) in [5, 5.41) is 19.1. The van der Waals surface area contributed by atoms with Crippen molar-refractivity contribution in [3.8, 4) is 0 Å². The van der Waals surface area contributed by atoms with Crippen molar-refractivity contribution in [3.63, 3.8) is 0 Å². The van der Waals surface area contributed by atoms with Gasteiger partial charge in [0.05, 0.1) is 21.1 Å². The van der Waals surface area contributed by atoms with Gasteiger partial charge in [-0.3, -0.25) is 0 Å². The summed E-state index contributed by atoms with van der Waals surface area (Å²) >= 11 is -5.12. The van der Waals surface area contributed by atoms with Crippen LogP contribution in [0.4, 0.5) is 0 Å². The molecule has 0 amide bonds. The van der Waals surface area contributed by atoms with Gasteiger partial charge in [0.15, 0.2) is 0 Å². The molecule has 8 nitrogen and oxygen atoms in total. The Hall–Kier alpha value is -0.372. The minimum atomic E-state index is -5.12. The van der Waals surface area contributed by atoms with Crippen LogP contribution in [0.1, 0.15) is 6.42 Å². The Morgan fingerprint density at radius 1 is 1.31 bits per heavy atom. The predicted molar refractivity (Wildman–Crippen MR) is 51.6 cm³/mol. The van der Waals surface area contributed by atoms with E-state index in [2.05, 4.69) is 0 Å². The minimum absolute atomic E-state index is 0.282. The Morgan fingerprint density at radius 2 is 1.62 bits per heavy atom. The molecule has 0 unspecified atom stereocenters. The molecule has 1 atom stereocenters. The zero-order chi connectivity index (χ0) is 13.6. The van der Waals surface area contributed by atoms with Crippen molar-refractivity contribution in [1.82, 2.24) is 0 Å². The van der Waals surface area contributed by atoms with Crippen LogP contribution in [0.25, 0.3) is 0 Å². The molecule has 0 fully saturated rings. The number of carbonyl (C=O) groups is 1. The molecule has 16 heavy (non-hydrogen) atoms. The topological polar surface area (TPSA) is 138 Å². The quantitative estimate of drug-likeness (QED) is 0.307. The standard InChI is InChI=1S/C7H15NO3.AsH3O4/c1-8(2,3)5-6(9)4-7(10)11;2-1(3,4)5/h6,9H,4-5H2,1-3H3;(H3,2,3,4,5)/t6-;/m1./s1. The second-order valence-corrected chi connectivity index (χ2v) is 6.37. The van der Waals surface area contributed by atoms with E-state index in [4.69, 9.17) is 21.1 Å². The van der Waals surface area contributed by atoms with Gasteiger partial charge in [0.25, 0.3) is 0 Å². The monoisotopic (exact) mass is 303 g/mol. The first-order chi connectivity index (χ1) is 6.81. The molecule has 0 radical (unpaired) electrons. The molecule has 0 saturated carbocycles. The van der Waals surface area contributed by atoms with Gasteiger partial charge >= 0.3 is 30.5 Å². The Balaban J connectivity index is 0. The summed E-state index contributed by atoms with van der Waals surface area (Å²) in [5.74, 6) is -1.20. The van der Waals surface area contributed by atoms with Gasteiger partial charge in [-0.15, -0.1) is 0 Å². The molecular weight excluding hydrogens is 285 g/mol. The molecule has 4 N–H and O–H groups in total. The van der Waals surface area contributed by atoms with E-state index in [0.717, 1.165) is 0 Å². The average molecular weight is 303 g/mol. The van der Waals surface area contributed by atoms with Gasteiger partial charge < -0.3 is 19.5 Å². The number of rotatable bonds is 4. The molecular formula is C7H18AsNO7. The summed E-state index contributed by atoms with van der Waals surface area (Å²) < 4.78 is 31.2. The molecule has 0 bridgehead atoms. The summed E-state index contributed by atoms with van der Waals surface area (Å²) in [6.45, 7) is 0.425. The summed E-state index contributed by atoms with van der Waals surface area (Å²) in [6.07, 6.45) is -1.09. The second kappa shape index (κ2) is 7.05. The number of carboxylic acids is 1. The fourth-order valence-corrected chi connectivity index (χ4v) is 0.889. The number of carbonyl (C=O) groups excluding carboxylic acids is 1. The fourth-order valence-electron chi connectivity index (χ4n) is 0.889. The van der Waals surface area contributed by atoms with Gasteiger partial charge in [-0.1, -0.05) is 0 Å². The predicted octanol–water partition coefficient (Wildman–Crippen LogP) is -3.98. The molecule has 0 aromatic heterocycles. The van der Waals surface area contributed by atoms with E-state index in [1.807, 2.05) is 21.1 Å². The Kier molecular flexibility index (Phi) is 7.94. The number of likely N-dealkylation sites (N-methyl/N-ethyl adjacent to an activating group) is 1. The molecule has 98 valence electrons. The van der Waals surface area contributed by atoms with E-state index >= 15 is 0 Å². The number of carboxylic acid groups (broad SMARTS) is 1. The van der Waals surface area contributed by atoms with Gasteiger partial charge in [0, 0.05) is 12.4 Å². The first-order valence-electron chi connectivity index (χ1n) is 4.28. The van der Waals surface area contributed by atoms with Crippen molar-refractivity contribution in [2.75, 3.05) is 27.7 Å². The number of aliphatic hydroxyl groups excluding tert-OH is 1. The molecule has 0 rings (SSSR count). The van der Waals surface area contributed by atoms with Gasteiger partial charge in [-0.2, -0.15) is 0 Å². The number of aliphatic carboxylic acids is 1. The van der Waals surface area contributed by atoms with E-state index in [1.165, 1.54) is 0 Å². The van der Waals surface area contributed by atoms with Crippen LogP contribution in [0.2, 0.25) is 0 Å². The van der Waals surface area contributed by atoms with Crippen LogP contribution >= 0.6 is 0 Å². The molecule has 0 aromatic rings. The zero-order valence-corrected chi connectivity index (χ0v) is 11.3. The van der Waals surface area contributed by atoms with Gasteiger partial charge in [0.1, 0.15) is 12.6 Å². The molecule has 0 aliphatic rings. The number of hydrogen-bond donors (Lipinski definition) is 4. The summed E-state index contributed by atoms with van der Waals surface area (Å²) in [5.41, 5.74) is 0. The van der Waals surface area contributed by atoms with Crippen molar-refractivity contribution in [1.29, 1.82) is 0 Å². The molecule has 0 aromatic carbocycles. The summed E-state index contributed by atoms with van der Waals surface area (Å²) in [4.78, 5) is 10.0. The third kappa shape index (κ3) is 29.2. The van der Waals surface area contributed by atoms with Gasteiger partial charge in [0.2, 0.25) is 0 Å². The van der Waals surface area contributed by atoms with E-state index in [-0.39, 0.29) is 6.42 Å². The molecule has 0 saturated heterocycles. The normalized spacial score (nSPS) is 13.7.